The van der Waals surface area contributed by atoms with Gasteiger partial charge in [-0.05, 0) is 37.5 Å². The standard InChI is InChI=1S/C16H22N2O3/c1-12-6-7-15(21-3)14(10-12)18(13(2)19)11-16(20)17-8-4-5-9-17/h6-7,10H,4-5,8-9,11H2,1-3H3. The summed E-state index contributed by atoms with van der Waals surface area (Å²) in [6.07, 6.45) is 2.08. The van der Waals surface area contributed by atoms with Gasteiger partial charge in [0.05, 0.1) is 12.8 Å². The number of carbonyl (C=O) groups is 2. The summed E-state index contributed by atoms with van der Waals surface area (Å²) in [4.78, 5) is 27.6. The van der Waals surface area contributed by atoms with Crippen LogP contribution < -0.4 is 9.64 Å². The molecule has 2 rings (SSSR count). The Morgan fingerprint density at radius 3 is 2.52 bits per heavy atom. The molecule has 1 heterocycles. The molecule has 0 aliphatic carbocycles. The van der Waals surface area contributed by atoms with Gasteiger partial charge in [-0.25, -0.2) is 0 Å². The summed E-state index contributed by atoms with van der Waals surface area (Å²) in [5, 5.41) is 0. The lowest BCUT2D eigenvalue weighted by molar-refractivity contribution is -0.130. The molecule has 0 saturated carbocycles. The van der Waals surface area contributed by atoms with E-state index in [9.17, 15) is 9.59 Å². The molecule has 114 valence electrons. The Morgan fingerprint density at radius 2 is 1.95 bits per heavy atom. The third-order valence-corrected chi connectivity index (χ3v) is 3.76. The van der Waals surface area contributed by atoms with Crippen molar-refractivity contribution in [1.29, 1.82) is 0 Å². The van der Waals surface area contributed by atoms with Crippen molar-refractivity contribution in [3.05, 3.63) is 23.8 Å². The Kier molecular flexibility index (Phi) is 4.83. The number of ether oxygens (including phenoxy) is 1. The van der Waals surface area contributed by atoms with Gasteiger partial charge in [-0.1, -0.05) is 6.07 Å². The van der Waals surface area contributed by atoms with E-state index < -0.39 is 0 Å². The van der Waals surface area contributed by atoms with E-state index in [1.165, 1.54) is 11.8 Å². The zero-order chi connectivity index (χ0) is 15.4. The number of hydrogen-bond acceptors (Lipinski definition) is 3. The summed E-state index contributed by atoms with van der Waals surface area (Å²) >= 11 is 0. The van der Waals surface area contributed by atoms with Crippen molar-refractivity contribution in [3.8, 4) is 5.75 Å². The normalized spacial score (nSPS) is 14.1. The van der Waals surface area contributed by atoms with E-state index in [1.807, 2.05) is 30.0 Å². The van der Waals surface area contributed by atoms with Gasteiger partial charge in [-0.3, -0.25) is 14.5 Å². The zero-order valence-corrected chi connectivity index (χ0v) is 12.9. The molecule has 0 N–H and O–H groups in total. The van der Waals surface area contributed by atoms with E-state index in [0.29, 0.717) is 11.4 Å². The van der Waals surface area contributed by atoms with Crippen molar-refractivity contribution in [3.63, 3.8) is 0 Å². The van der Waals surface area contributed by atoms with E-state index in [1.54, 1.807) is 7.11 Å². The van der Waals surface area contributed by atoms with Crippen molar-refractivity contribution in [1.82, 2.24) is 4.90 Å². The fourth-order valence-electron chi connectivity index (χ4n) is 2.58. The molecule has 0 bridgehead atoms. The average Bonchev–Trinajstić information content (AvgIpc) is 2.98. The monoisotopic (exact) mass is 290 g/mol. The topological polar surface area (TPSA) is 49.9 Å². The minimum atomic E-state index is -0.161. The first-order valence-electron chi connectivity index (χ1n) is 7.23. The number of nitrogens with zero attached hydrogens (tertiary/aromatic N) is 2. The van der Waals surface area contributed by atoms with Crippen LogP contribution in [-0.2, 0) is 9.59 Å². The molecule has 1 aromatic carbocycles. The summed E-state index contributed by atoms with van der Waals surface area (Å²) in [5.74, 6) is 0.433. The molecule has 5 nitrogen and oxygen atoms in total. The van der Waals surface area contributed by atoms with Crippen LogP contribution in [0.3, 0.4) is 0 Å². The molecule has 1 saturated heterocycles. The molecular weight excluding hydrogens is 268 g/mol. The molecule has 2 amide bonds. The van der Waals surface area contributed by atoms with Gasteiger partial charge in [-0.15, -0.1) is 0 Å². The molecule has 1 aromatic rings. The van der Waals surface area contributed by atoms with E-state index in [2.05, 4.69) is 0 Å². The maximum absolute atomic E-state index is 12.3. The zero-order valence-electron chi connectivity index (χ0n) is 12.9. The third-order valence-electron chi connectivity index (χ3n) is 3.76. The Hall–Kier alpha value is -2.04. The van der Waals surface area contributed by atoms with Gasteiger partial charge >= 0.3 is 0 Å². The lowest BCUT2D eigenvalue weighted by Gasteiger charge is -2.25. The summed E-state index contributed by atoms with van der Waals surface area (Å²) in [6.45, 7) is 5.06. The maximum Gasteiger partial charge on any atom is 0.242 e. The average molecular weight is 290 g/mol. The second-order valence-corrected chi connectivity index (χ2v) is 5.37. The predicted molar refractivity (Wildman–Crippen MR) is 81.6 cm³/mol. The number of likely N-dealkylation sites (tertiary alicyclic amines) is 1. The van der Waals surface area contributed by atoms with E-state index in [0.717, 1.165) is 31.5 Å². The lowest BCUT2D eigenvalue weighted by Crippen LogP contribution is -2.41. The van der Waals surface area contributed by atoms with Gasteiger partial charge in [0.25, 0.3) is 0 Å². The van der Waals surface area contributed by atoms with Crippen LogP contribution in [0.2, 0.25) is 0 Å². The summed E-state index contributed by atoms with van der Waals surface area (Å²) in [7, 11) is 1.56. The van der Waals surface area contributed by atoms with Crippen LogP contribution in [0.4, 0.5) is 5.69 Å². The SMILES string of the molecule is COc1ccc(C)cc1N(CC(=O)N1CCCC1)C(C)=O. The smallest absolute Gasteiger partial charge is 0.242 e. The van der Waals surface area contributed by atoms with E-state index in [4.69, 9.17) is 4.74 Å². The highest BCUT2D eigenvalue weighted by molar-refractivity contribution is 5.98. The molecule has 0 atom stereocenters. The maximum atomic E-state index is 12.3. The van der Waals surface area contributed by atoms with Gasteiger partial charge < -0.3 is 9.64 Å². The Morgan fingerprint density at radius 1 is 1.29 bits per heavy atom. The highest BCUT2D eigenvalue weighted by Crippen LogP contribution is 2.29. The van der Waals surface area contributed by atoms with E-state index >= 15 is 0 Å². The second kappa shape index (κ2) is 6.61. The van der Waals surface area contributed by atoms with Gasteiger partial charge in [0, 0.05) is 20.0 Å². The van der Waals surface area contributed by atoms with Crippen LogP contribution in [0.15, 0.2) is 18.2 Å². The predicted octanol–water partition coefficient (Wildman–Crippen LogP) is 1.98. The van der Waals surface area contributed by atoms with Crippen LogP contribution in [0.25, 0.3) is 0 Å². The Balaban J connectivity index is 2.24. The van der Waals surface area contributed by atoms with Crippen molar-refractivity contribution < 1.29 is 14.3 Å². The van der Waals surface area contributed by atoms with Crippen LogP contribution >= 0.6 is 0 Å². The van der Waals surface area contributed by atoms with Crippen LogP contribution in [0.1, 0.15) is 25.3 Å². The summed E-state index contributed by atoms with van der Waals surface area (Å²) < 4.78 is 5.32. The summed E-state index contributed by atoms with van der Waals surface area (Å²) in [5.41, 5.74) is 1.67. The fraction of sp³-hybridized carbons (Fsp3) is 0.500. The second-order valence-electron chi connectivity index (χ2n) is 5.37. The number of amides is 2. The first-order valence-corrected chi connectivity index (χ1v) is 7.23. The Bertz CT molecular complexity index is 536. The molecule has 1 fully saturated rings. The van der Waals surface area contributed by atoms with Crippen LogP contribution in [-0.4, -0.2) is 43.5 Å². The number of methoxy groups -OCH3 is 1. The van der Waals surface area contributed by atoms with E-state index in [-0.39, 0.29) is 18.4 Å². The number of rotatable bonds is 4. The molecule has 5 heteroatoms. The number of carbonyl (C=O) groups excluding carboxylic acids is 2. The van der Waals surface area contributed by atoms with Crippen LogP contribution in [0, 0.1) is 6.92 Å². The highest BCUT2D eigenvalue weighted by Gasteiger charge is 2.24. The van der Waals surface area contributed by atoms with Gasteiger partial charge in [0.15, 0.2) is 0 Å². The first kappa shape index (κ1) is 15.4. The largest absolute Gasteiger partial charge is 0.495 e. The fourth-order valence-corrected chi connectivity index (χ4v) is 2.58. The van der Waals surface area contributed by atoms with Crippen molar-refractivity contribution in [2.24, 2.45) is 0 Å². The molecule has 0 radical (unpaired) electrons. The molecule has 1 aliphatic rings. The lowest BCUT2D eigenvalue weighted by atomic mass is 10.2. The molecule has 0 aromatic heterocycles. The quantitative estimate of drug-likeness (QED) is 0.852. The molecule has 1 aliphatic heterocycles. The van der Waals surface area contributed by atoms with Gasteiger partial charge in [0.1, 0.15) is 12.3 Å². The minimum Gasteiger partial charge on any atom is -0.495 e. The molecule has 21 heavy (non-hydrogen) atoms. The minimum absolute atomic E-state index is 0.00809. The van der Waals surface area contributed by atoms with Gasteiger partial charge in [0.2, 0.25) is 11.8 Å². The van der Waals surface area contributed by atoms with Crippen molar-refractivity contribution in [2.45, 2.75) is 26.7 Å². The molecular formula is C16H22N2O3. The van der Waals surface area contributed by atoms with Crippen molar-refractivity contribution >= 4 is 17.5 Å². The third kappa shape index (κ3) is 3.54. The number of hydrogen-bond donors (Lipinski definition) is 0. The summed E-state index contributed by atoms with van der Waals surface area (Å²) in [6, 6.07) is 5.61. The molecule has 0 unspecified atom stereocenters. The van der Waals surface area contributed by atoms with Crippen LogP contribution in [0.5, 0.6) is 5.75 Å². The number of aryl methyl sites for hydroxylation is 1. The highest BCUT2D eigenvalue weighted by atomic mass is 16.5. The van der Waals surface area contributed by atoms with Crippen molar-refractivity contribution in [2.75, 3.05) is 31.6 Å². The van der Waals surface area contributed by atoms with Gasteiger partial charge in [-0.2, -0.15) is 0 Å². The Labute approximate surface area is 125 Å². The number of benzene rings is 1. The first-order chi connectivity index (χ1) is 10.0. The molecule has 0 spiro atoms. The number of anilines is 1.